The number of aliphatic hydroxyl groups excluding tert-OH is 5. The van der Waals surface area contributed by atoms with Crippen molar-refractivity contribution in [1.82, 2.24) is 0 Å². The molecular formula is C20H22O7. The molecule has 27 heavy (non-hydrogen) atoms. The fourth-order valence-corrected chi connectivity index (χ4v) is 2.76. The highest BCUT2D eigenvalue weighted by Gasteiger charge is 2.29. The van der Waals surface area contributed by atoms with Crippen molar-refractivity contribution in [2.24, 2.45) is 0 Å². The van der Waals surface area contributed by atoms with E-state index in [0.717, 1.165) is 28.7 Å². The fourth-order valence-electron chi connectivity index (χ4n) is 2.76. The number of rotatable bonds is 5. The first-order chi connectivity index (χ1) is 12.9. The van der Waals surface area contributed by atoms with Crippen LogP contribution in [0.1, 0.15) is 27.0 Å². The van der Waals surface area contributed by atoms with Crippen molar-refractivity contribution in [1.29, 1.82) is 0 Å². The highest BCUT2D eigenvalue weighted by atomic mass is 16.4. The van der Waals surface area contributed by atoms with Crippen molar-refractivity contribution in [2.45, 2.75) is 30.8 Å². The Morgan fingerprint density at radius 2 is 1.33 bits per heavy atom. The van der Waals surface area contributed by atoms with E-state index in [0.29, 0.717) is 0 Å². The van der Waals surface area contributed by atoms with Gasteiger partial charge < -0.3 is 30.3 Å². The van der Waals surface area contributed by atoms with Gasteiger partial charge in [0.05, 0.1) is 6.61 Å². The van der Waals surface area contributed by atoms with E-state index in [2.05, 4.69) is 0 Å². The molecule has 0 amide bonds. The Labute approximate surface area is 156 Å². The van der Waals surface area contributed by atoms with Gasteiger partial charge in [0, 0.05) is 11.1 Å². The maximum atomic E-state index is 12.1. The summed E-state index contributed by atoms with van der Waals surface area (Å²) in [6.07, 6.45) is -5.97. The van der Waals surface area contributed by atoms with Gasteiger partial charge in [-0.2, -0.15) is 0 Å². The summed E-state index contributed by atoms with van der Waals surface area (Å²) in [4.78, 5) is 22.0. The highest BCUT2D eigenvalue weighted by molar-refractivity contribution is 6.12. The van der Waals surface area contributed by atoms with E-state index in [1.807, 2.05) is 48.5 Å². The van der Waals surface area contributed by atoms with E-state index < -0.39 is 31.0 Å². The van der Waals surface area contributed by atoms with Crippen molar-refractivity contribution < 1.29 is 35.1 Å². The summed E-state index contributed by atoms with van der Waals surface area (Å²) < 4.78 is 0. The molecule has 2 aromatic rings. The number of aldehydes is 1. The summed E-state index contributed by atoms with van der Waals surface area (Å²) in [6, 6.07) is 15.7. The maximum Gasteiger partial charge on any atom is 0.193 e. The molecule has 0 heterocycles. The molecule has 1 aliphatic carbocycles. The van der Waals surface area contributed by atoms with Gasteiger partial charge in [-0.15, -0.1) is 0 Å². The minimum atomic E-state index is -1.79. The molecule has 4 unspecified atom stereocenters. The predicted octanol–water partition coefficient (Wildman–Crippen LogP) is -0.557. The van der Waals surface area contributed by atoms with E-state index in [-0.39, 0.29) is 12.1 Å². The van der Waals surface area contributed by atoms with Gasteiger partial charge in [0.25, 0.3) is 0 Å². The molecule has 0 saturated heterocycles. The molecular weight excluding hydrogens is 352 g/mol. The van der Waals surface area contributed by atoms with Crippen LogP contribution in [0.15, 0.2) is 48.5 Å². The molecule has 5 N–H and O–H groups in total. The molecule has 0 radical (unpaired) electrons. The number of carbonyl (C=O) groups excluding carboxylic acids is 2. The molecule has 2 aromatic carbocycles. The maximum absolute atomic E-state index is 12.1. The van der Waals surface area contributed by atoms with Crippen LogP contribution in [0.5, 0.6) is 0 Å². The molecule has 0 bridgehead atoms. The number of aliphatic hydroxyl groups is 5. The molecule has 0 aromatic heterocycles. The molecule has 4 atom stereocenters. The first-order valence-electron chi connectivity index (χ1n) is 8.39. The average molecular weight is 374 g/mol. The fraction of sp³-hybridized carbons (Fsp3) is 0.300. The van der Waals surface area contributed by atoms with Gasteiger partial charge in [0.15, 0.2) is 12.1 Å². The first-order valence-corrected chi connectivity index (χ1v) is 8.39. The number of hydrogen-bond donors (Lipinski definition) is 5. The van der Waals surface area contributed by atoms with Gasteiger partial charge in [-0.1, -0.05) is 48.5 Å². The lowest BCUT2D eigenvalue weighted by atomic mass is 9.85. The summed E-state index contributed by atoms with van der Waals surface area (Å²) in [5.74, 6) is 0.160. The van der Waals surface area contributed by atoms with Gasteiger partial charge in [-0.25, -0.2) is 0 Å². The summed E-state index contributed by atoms with van der Waals surface area (Å²) in [5.41, 5.74) is 4.00. The van der Waals surface area contributed by atoms with Crippen LogP contribution >= 0.6 is 0 Å². The van der Waals surface area contributed by atoms with Gasteiger partial charge in [0.2, 0.25) is 0 Å². The Kier molecular flexibility index (Phi) is 7.35. The molecule has 0 saturated carbocycles. The van der Waals surface area contributed by atoms with Crippen LogP contribution in [0.2, 0.25) is 0 Å². The van der Waals surface area contributed by atoms with Crippen LogP contribution in [-0.2, 0) is 11.2 Å². The zero-order valence-corrected chi connectivity index (χ0v) is 14.5. The van der Waals surface area contributed by atoms with Crippen LogP contribution in [-0.4, -0.2) is 68.6 Å². The molecule has 1 aliphatic rings. The van der Waals surface area contributed by atoms with Crippen molar-refractivity contribution in [3.63, 3.8) is 0 Å². The number of ketones is 1. The topological polar surface area (TPSA) is 135 Å². The molecule has 0 aliphatic heterocycles. The minimum Gasteiger partial charge on any atom is -0.394 e. The minimum absolute atomic E-state index is 0.0258. The van der Waals surface area contributed by atoms with Crippen LogP contribution < -0.4 is 0 Å². The standard InChI is InChI=1S/C14H10O.C6H12O6/c15-14-12-7-3-1-5-10(12)9-11-6-2-4-8-13(11)14;7-1-3(9)5(11)6(12)4(10)2-8/h1-8H,9H2;1,3-6,8-12H,2H2. The average Bonchev–Trinajstić information content (AvgIpc) is 2.72. The van der Waals surface area contributed by atoms with Gasteiger partial charge in [-0.05, 0) is 17.5 Å². The summed E-state index contributed by atoms with van der Waals surface area (Å²) >= 11 is 0. The van der Waals surface area contributed by atoms with Crippen LogP contribution in [0.4, 0.5) is 0 Å². The quantitative estimate of drug-likeness (QED) is 0.378. The van der Waals surface area contributed by atoms with E-state index in [1.165, 1.54) is 0 Å². The van der Waals surface area contributed by atoms with E-state index >= 15 is 0 Å². The lowest BCUT2D eigenvalue weighted by Gasteiger charge is -2.22. The second-order valence-electron chi connectivity index (χ2n) is 6.18. The Balaban J connectivity index is 0.000000201. The Morgan fingerprint density at radius 1 is 0.852 bits per heavy atom. The second-order valence-corrected chi connectivity index (χ2v) is 6.18. The lowest BCUT2D eigenvalue weighted by molar-refractivity contribution is -0.136. The monoisotopic (exact) mass is 374 g/mol. The third-order valence-corrected chi connectivity index (χ3v) is 4.33. The number of fused-ring (bicyclic) bond motifs is 2. The number of hydrogen-bond acceptors (Lipinski definition) is 7. The Bertz CT molecular complexity index is 742. The molecule has 7 heteroatoms. The predicted molar refractivity (Wildman–Crippen MR) is 96.3 cm³/mol. The third-order valence-electron chi connectivity index (χ3n) is 4.33. The van der Waals surface area contributed by atoms with Crippen LogP contribution in [0.25, 0.3) is 0 Å². The number of benzene rings is 2. The van der Waals surface area contributed by atoms with Gasteiger partial charge in [0.1, 0.15) is 24.4 Å². The van der Waals surface area contributed by atoms with Crippen LogP contribution in [0.3, 0.4) is 0 Å². The second kappa shape index (κ2) is 9.50. The van der Waals surface area contributed by atoms with E-state index in [9.17, 15) is 9.59 Å². The Morgan fingerprint density at radius 3 is 1.78 bits per heavy atom. The molecule has 7 nitrogen and oxygen atoms in total. The number of carbonyl (C=O) groups is 2. The largest absolute Gasteiger partial charge is 0.394 e. The SMILES string of the molecule is O=C1c2ccccc2Cc2ccccc21.O=CC(O)C(O)C(O)C(O)CO. The molecule has 0 fully saturated rings. The van der Waals surface area contributed by atoms with Crippen molar-refractivity contribution in [3.05, 3.63) is 70.8 Å². The first kappa shape index (κ1) is 20.9. The third kappa shape index (κ3) is 4.85. The lowest BCUT2D eigenvalue weighted by Crippen LogP contribution is -2.46. The van der Waals surface area contributed by atoms with Crippen molar-refractivity contribution >= 4 is 12.1 Å². The van der Waals surface area contributed by atoms with E-state index in [4.69, 9.17) is 25.5 Å². The van der Waals surface area contributed by atoms with Gasteiger partial charge >= 0.3 is 0 Å². The summed E-state index contributed by atoms with van der Waals surface area (Å²) in [7, 11) is 0. The molecule has 3 rings (SSSR count). The summed E-state index contributed by atoms with van der Waals surface area (Å²) in [6.45, 7) is -0.760. The normalized spacial score (nSPS) is 16.7. The summed E-state index contributed by atoms with van der Waals surface area (Å²) in [5, 5.41) is 43.5. The molecule has 0 spiro atoms. The van der Waals surface area contributed by atoms with Gasteiger partial charge in [-0.3, -0.25) is 4.79 Å². The Hall–Kier alpha value is -2.42. The zero-order chi connectivity index (χ0) is 20.0. The van der Waals surface area contributed by atoms with Crippen LogP contribution in [0, 0.1) is 0 Å². The highest BCUT2D eigenvalue weighted by Crippen LogP contribution is 2.26. The van der Waals surface area contributed by atoms with Crippen molar-refractivity contribution in [3.8, 4) is 0 Å². The smallest absolute Gasteiger partial charge is 0.193 e. The molecule has 144 valence electrons. The zero-order valence-electron chi connectivity index (χ0n) is 14.5. The van der Waals surface area contributed by atoms with Crippen molar-refractivity contribution in [2.75, 3.05) is 6.61 Å². The van der Waals surface area contributed by atoms with E-state index in [1.54, 1.807) is 0 Å².